The lowest BCUT2D eigenvalue weighted by atomic mass is 10.0. The van der Waals surface area contributed by atoms with Gasteiger partial charge >= 0.3 is 5.97 Å². The summed E-state index contributed by atoms with van der Waals surface area (Å²) in [4.78, 5) is 25.8. The molecule has 0 saturated carbocycles. The molecule has 33 heavy (non-hydrogen) atoms. The van der Waals surface area contributed by atoms with Gasteiger partial charge in [-0.1, -0.05) is 42.5 Å². The molecule has 0 saturated heterocycles. The number of ether oxygens (including phenoxy) is 1. The predicted molar refractivity (Wildman–Crippen MR) is 122 cm³/mol. The second-order valence-corrected chi connectivity index (χ2v) is 9.48. The molecule has 0 aliphatic carbocycles. The first kappa shape index (κ1) is 22.3. The van der Waals surface area contributed by atoms with E-state index in [9.17, 15) is 23.1 Å². The minimum absolute atomic E-state index is 0.0402. The lowest BCUT2D eigenvalue weighted by molar-refractivity contribution is -0.117. The standard InChI is InChI=1S/C25H21NO6S/c1-16-7-6-8-19(15-16)26-21(17-11-13-18(14-12-17)25(29)32-2)23(22(27)24(26)28)33(30,31)20-9-4-3-5-10-20/h3-15,21,27H,1-2H3. The third-order valence-electron chi connectivity index (χ3n) is 5.43. The second kappa shape index (κ2) is 8.55. The Balaban J connectivity index is 1.92. The van der Waals surface area contributed by atoms with E-state index in [0.29, 0.717) is 11.3 Å². The highest BCUT2D eigenvalue weighted by Gasteiger charge is 2.47. The van der Waals surface area contributed by atoms with E-state index in [1.165, 1.54) is 36.3 Å². The van der Waals surface area contributed by atoms with E-state index < -0.39 is 38.4 Å². The van der Waals surface area contributed by atoms with Crippen LogP contribution in [0, 0.1) is 6.92 Å². The van der Waals surface area contributed by atoms with E-state index in [4.69, 9.17) is 4.74 Å². The minimum Gasteiger partial charge on any atom is -0.502 e. The Morgan fingerprint density at radius 3 is 2.24 bits per heavy atom. The minimum atomic E-state index is -4.22. The van der Waals surface area contributed by atoms with Crippen LogP contribution in [-0.4, -0.2) is 32.5 Å². The molecule has 1 atom stereocenters. The molecule has 1 aliphatic heterocycles. The van der Waals surface area contributed by atoms with Crippen LogP contribution < -0.4 is 4.90 Å². The Hall–Kier alpha value is -3.91. The van der Waals surface area contributed by atoms with Crippen molar-refractivity contribution in [2.24, 2.45) is 0 Å². The van der Waals surface area contributed by atoms with Crippen molar-refractivity contribution >= 4 is 27.4 Å². The van der Waals surface area contributed by atoms with Gasteiger partial charge in [-0.25, -0.2) is 13.2 Å². The molecule has 0 radical (unpaired) electrons. The highest BCUT2D eigenvalue weighted by atomic mass is 32.2. The Bertz CT molecular complexity index is 1360. The fraction of sp³-hybridized carbons (Fsp3) is 0.120. The topological polar surface area (TPSA) is 101 Å². The van der Waals surface area contributed by atoms with Crippen molar-refractivity contribution in [1.82, 2.24) is 0 Å². The molecule has 1 heterocycles. The van der Waals surface area contributed by atoms with Crippen LogP contribution in [0.25, 0.3) is 0 Å². The molecule has 3 aromatic carbocycles. The number of anilines is 1. The maximum absolute atomic E-state index is 13.6. The number of sulfone groups is 1. The van der Waals surface area contributed by atoms with Gasteiger partial charge in [0.25, 0.3) is 5.91 Å². The lowest BCUT2D eigenvalue weighted by Crippen LogP contribution is -2.31. The van der Waals surface area contributed by atoms with Crippen LogP contribution in [0.1, 0.15) is 27.5 Å². The molecule has 0 bridgehead atoms. The molecule has 1 aliphatic rings. The largest absolute Gasteiger partial charge is 0.502 e. The van der Waals surface area contributed by atoms with E-state index in [1.54, 1.807) is 48.5 Å². The first-order valence-electron chi connectivity index (χ1n) is 10.1. The van der Waals surface area contributed by atoms with Crippen LogP contribution in [0.4, 0.5) is 5.69 Å². The van der Waals surface area contributed by atoms with Gasteiger partial charge in [0.05, 0.1) is 17.6 Å². The molecule has 1 amide bonds. The molecule has 1 unspecified atom stereocenters. The number of amides is 1. The van der Waals surface area contributed by atoms with Crippen LogP contribution >= 0.6 is 0 Å². The van der Waals surface area contributed by atoms with Gasteiger partial charge in [-0.15, -0.1) is 0 Å². The fourth-order valence-corrected chi connectivity index (χ4v) is 5.49. The van der Waals surface area contributed by atoms with E-state index >= 15 is 0 Å². The summed E-state index contributed by atoms with van der Waals surface area (Å²) in [6.07, 6.45) is 0. The van der Waals surface area contributed by atoms with Crippen LogP contribution in [0.15, 0.2) is 94.4 Å². The number of hydrogen-bond donors (Lipinski definition) is 1. The number of benzene rings is 3. The summed E-state index contributed by atoms with van der Waals surface area (Å²) in [5, 5.41) is 10.8. The van der Waals surface area contributed by atoms with Crippen molar-refractivity contribution in [3.63, 3.8) is 0 Å². The van der Waals surface area contributed by atoms with Crippen molar-refractivity contribution < 1.29 is 27.9 Å². The molecule has 4 rings (SSSR count). The zero-order valence-electron chi connectivity index (χ0n) is 17.9. The van der Waals surface area contributed by atoms with Crippen molar-refractivity contribution in [1.29, 1.82) is 0 Å². The Morgan fingerprint density at radius 2 is 1.64 bits per heavy atom. The van der Waals surface area contributed by atoms with Crippen molar-refractivity contribution in [3.8, 4) is 0 Å². The zero-order chi connectivity index (χ0) is 23.8. The van der Waals surface area contributed by atoms with E-state index in [-0.39, 0.29) is 10.5 Å². The molecular formula is C25H21NO6S. The van der Waals surface area contributed by atoms with Crippen molar-refractivity contribution in [2.45, 2.75) is 17.9 Å². The van der Waals surface area contributed by atoms with Crippen LogP contribution in [-0.2, 0) is 19.4 Å². The molecular weight excluding hydrogens is 442 g/mol. The maximum Gasteiger partial charge on any atom is 0.337 e. The van der Waals surface area contributed by atoms with Gasteiger partial charge in [-0.05, 0) is 54.4 Å². The third-order valence-corrected chi connectivity index (χ3v) is 7.32. The van der Waals surface area contributed by atoms with Crippen LogP contribution in [0.2, 0.25) is 0 Å². The van der Waals surface area contributed by atoms with Crippen molar-refractivity contribution in [3.05, 3.63) is 106 Å². The highest BCUT2D eigenvalue weighted by molar-refractivity contribution is 7.95. The van der Waals surface area contributed by atoms with Gasteiger partial charge in [0, 0.05) is 5.69 Å². The first-order valence-corrected chi connectivity index (χ1v) is 11.6. The number of carbonyl (C=O) groups is 2. The Morgan fingerprint density at radius 1 is 0.970 bits per heavy atom. The number of esters is 1. The smallest absolute Gasteiger partial charge is 0.337 e. The van der Waals surface area contributed by atoms with Crippen molar-refractivity contribution in [2.75, 3.05) is 12.0 Å². The van der Waals surface area contributed by atoms with Gasteiger partial charge in [0.2, 0.25) is 9.84 Å². The number of rotatable bonds is 5. The highest BCUT2D eigenvalue weighted by Crippen LogP contribution is 2.44. The van der Waals surface area contributed by atoms with E-state index in [0.717, 1.165) is 5.56 Å². The van der Waals surface area contributed by atoms with Gasteiger partial charge in [-0.3, -0.25) is 9.69 Å². The predicted octanol–water partition coefficient (Wildman–Crippen LogP) is 4.11. The van der Waals surface area contributed by atoms with Gasteiger partial charge < -0.3 is 9.84 Å². The summed E-state index contributed by atoms with van der Waals surface area (Å²) in [5.74, 6) is -2.20. The molecule has 7 nitrogen and oxygen atoms in total. The molecule has 8 heteroatoms. The van der Waals surface area contributed by atoms with E-state index in [2.05, 4.69) is 0 Å². The molecule has 168 valence electrons. The number of aliphatic hydroxyl groups is 1. The molecule has 0 aromatic heterocycles. The van der Waals surface area contributed by atoms with Crippen LogP contribution in [0.3, 0.4) is 0 Å². The normalized spacial score (nSPS) is 16.2. The number of hydrogen-bond acceptors (Lipinski definition) is 6. The summed E-state index contributed by atoms with van der Waals surface area (Å²) in [7, 11) is -2.96. The molecule has 0 spiro atoms. The summed E-state index contributed by atoms with van der Waals surface area (Å²) in [6.45, 7) is 1.85. The average molecular weight is 464 g/mol. The second-order valence-electron chi connectivity index (χ2n) is 7.56. The zero-order valence-corrected chi connectivity index (χ0v) is 18.7. The first-order chi connectivity index (χ1) is 15.8. The number of aliphatic hydroxyl groups excluding tert-OH is 1. The summed E-state index contributed by atoms with van der Waals surface area (Å²) in [5.41, 5.74) is 1.98. The SMILES string of the molecule is COC(=O)c1ccc(C2C(S(=O)(=O)c3ccccc3)=C(O)C(=O)N2c2cccc(C)c2)cc1. The molecule has 1 N–H and O–H groups in total. The van der Waals surface area contributed by atoms with Gasteiger partial charge in [0.1, 0.15) is 10.9 Å². The molecule has 0 fully saturated rings. The van der Waals surface area contributed by atoms with Crippen LogP contribution in [0.5, 0.6) is 0 Å². The van der Waals surface area contributed by atoms with E-state index in [1.807, 2.05) is 13.0 Å². The Kier molecular flexibility index (Phi) is 5.78. The summed E-state index contributed by atoms with van der Waals surface area (Å²) >= 11 is 0. The van der Waals surface area contributed by atoms with Gasteiger partial charge in [-0.2, -0.15) is 0 Å². The fourth-order valence-electron chi connectivity index (χ4n) is 3.85. The quantitative estimate of drug-likeness (QED) is 0.572. The maximum atomic E-state index is 13.6. The average Bonchev–Trinajstić information content (AvgIpc) is 3.10. The number of carbonyl (C=O) groups excluding carboxylic acids is 2. The van der Waals surface area contributed by atoms with Gasteiger partial charge in [0.15, 0.2) is 5.76 Å². The summed E-state index contributed by atoms with van der Waals surface area (Å²) < 4.78 is 31.9. The third kappa shape index (κ3) is 3.89. The number of nitrogens with zero attached hydrogens (tertiary/aromatic N) is 1. The lowest BCUT2D eigenvalue weighted by Gasteiger charge is -2.27. The molecule has 3 aromatic rings. The number of aryl methyl sites for hydroxylation is 1. The number of methoxy groups -OCH3 is 1. The summed E-state index contributed by atoms with van der Waals surface area (Å²) in [6, 6.07) is 19.6. The Labute approximate surface area is 191 Å². The monoisotopic (exact) mass is 463 g/mol.